The molecule has 0 aliphatic heterocycles. The summed E-state index contributed by atoms with van der Waals surface area (Å²) in [5, 5.41) is 2.21. The predicted molar refractivity (Wildman–Crippen MR) is 92.9 cm³/mol. The molecule has 0 saturated carbocycles. The van der Waals surface area contributed by atoms with Crippen LogP contribution in [-0.4, -0.2) is 15.0 Å². The van der Waals surface area contributed by atoms with Gasteiger partial charge < -0.3 is 0 Å². The predicted octanol–water partition coefficient (Wildman–Crippen LogP) is 4.67. The molecule has 4 rings (SSSR count). The van der Waals surface area contributed by atoms with Crippen molar-refractivity contribution in [1.29, 1.82) is 0 Å². The van der Waals surface area contributed by atoms with Crippen molar-refractivity contribution in [2.45, 2.75) is 6.85 Å². The van der Waals surface area contributed by atoms with Gasteiger partial charge in [0.05, 0.1) is 5.69 Å². The molecule has 0 aliphatic carbocycles. The third kappa shape index (κ3) is 2.69. The van der Waals surface area contributed by atoms with E-state index in [4.69, 9.17) is 4.11 Å². The van der Waals surface area contributed by atoms with E-state index in [0.29, 0.717) is 5.69 Å². The van der Waals surface area contributed by atoms with E-state index < -0.39 is 6.85 Å². The van der Waals surface area contributed by atoms with Gasteiger partial charge in [-0.2, -0.15) is 0 Å². The minimum Gasteiger partial charge on any atom is -0.264 e. The quantitative estimate of drug-likeness (QED) is 0.540. The van der Waals surface area contributed by atoms with E-state index in [0.717, 1.165) is 27.5 Å². The second-order valence-corrected chi connectivity index (χ2v) is 5.31. The lowest BCUT2D eigenvalue weighted by Gasteiger charge is -2.07. The first-order chi connectivity index (χ1) is 12.5. The van der Waals surface area contributed by atoms with Gasteiger partial charge in [-0.3, -0.25) is 4.98 Å². The van der Waals surface area contributed by atoms with Crippen LogP contribution in [0.1, 0.15) is 9.81 Å². The maximum Gasteiger partial charge on any atom is 0.116 e. The van der Waals surface area contributed by atoms with Crippen molar-refractivity contribution in [1.82, 2.24) is 15.0 Å². The van der Waals surface area contributed by atoms with E-state index in [1.54, 1.807) is 6.20 Å². The first kappa shape index (κ1) is 10.6. The smallest absolute Gasteiger partial charge is 0.116 e. The number of nitrogens with zero attached hydrogens (tertiary/aromatic N) is 3. The number of pyridine rings is 1. The Morgan fingerprint density at radius 2 is 1.74 bits per heavy atom. The zero-order valence-electron chi connectivity index (χ0n) is 15.3. The van der Waals surface area contributed by atoms with E-state index in [9.17, 15) is 0 Å². The van der Waals surface area contributed by atoms with E-state index in [2.05, 4.69) is 27.1 Å². The molecule has 0 bridgehead atoms. The van der Waals surface area contributed by atoms with Gasteiger partial charge in [0.2, 0.25) is 0 Å². The summed E-state index contributed by atoms with van der Waals surface area (Å²) in [7, 11) is 0. The lowest BCUT2D eigenvalue weighted by Crippen LogP contribution is -1.88. The summed E-state index contributed by atoms with van der Waals surface area (Å²) in [4.78, 5) is 12.2. The van der Waals surface area contributed by atoms with Crippen LogP contribution < -0.4 is 0 Å². The number of hydrogen-bond acceptors (Lipinski definition) is 3. The van der Waals surface area contributed by atoms with Gasteiger partial charge in [0.15, 0.2) is 0 Å². The highest BCUT2D eigenvalue weighted by Gasteiger charge is 2.04. The number of fused-ring (bicyclic) bond motifs is 1. The molecule has 0 amide bonds. The third-order valence-electron chi connectivity index (χ3n) is 3.80. The molecule has 0 aliphatic rings. The summed E-state index contributed by atoms with van der Waals surface area (Å²) in [6, 6.07) is 17.6. The van der Waals surface area contributed by atoms with Crippen molar-refractivity contribution in [3.05, 3.63) is 79.0 Å². The Morgan fingerprint density at radius 1 is 0.826 bits per heavy atom. The number of aromatic nitrogens is 3. The standard InChI is InChI=1S/C20H15N3/c1-14-9-20(23-13-22-14)18-4-2-3-15(11-18)16-5-6-19-12-21-8-7-17(19)10-16/h2-13H,1H3/i1D3. The molecule has 0 saturated heterocycles. The van der Waals surface area contributed by atoms with Gasteiger partial charge in [-0.1, -0.05) is 30.3 Å². The zero-order chi connectivity index (χ0) is 18.1. The van der Waals surface area contributed by atoms with Gasteiger partial charge in [-0.15, -0.1) is 0 Å². The van der Waals surface area contributed by atoms with Crippen LogP contribution in [-0.2, 0) is 0 Å². The van der Waals surface area contributed by atoms with Crippen LogP contribution >= 0.6 is 0 Å². The van der Waals surface area contributed by atoms with Gasteiger partial charge in [0.1, 0.15) is 6.33 Å². The largest absolute Gasteiger partial charge is 0.264 e. The Bertz CT molecular complexity index is 1090. The number of benzene rings is 2. The average Bonchev–Trinajstić information content (AvgIpc) is 2.67. The molecule has 23 heavy (non-hydrogen) atoms. The number of hydrogen-bond donors (Lipinski definition) is 0. The minimum atomic E-state index is -2.25. The molecular weight excluding hydrogens is 282 g/mol. The Hall–Kier alpha value is -3.07. The second kappa shape index (κ2) is 5.61. The SMILES string of the molecule is [2H]C([2H])([2H])c1cc(-c2cccc(-c3ccc4cnccc4c3)c2)ncn1. The van der Waals surface area contributed by atoms with Crippen LogP contribution in [0.4, 0.5) is 0 Å². The van der Waals surface area contributed by atoms with Gasteiger partial charge in [-0.25, -0.2) is 9.97 Å². The molecule has 2 aromatic carbocycles. The molecule has 0 atom stereocenters. The summed E-state index contributed by atoms with van der Waals surface area (Å²) in [5.74, 6) is 0. The molecule has 3 nitrogen and oxygen atoms in total. The first-order valence-corrected chi connectivity index (χ1v) is 7.28. The highest BCUT2D eigenvalue weighted by molar-refractivity contribution is 5.87. The normalized spacial score (nSPS) is 13.3. The molecule has 0 N–H and O–H groups in total. The molecule has 2 heterocycles. The fraction of sp³-hybridized carbons (Fsp3) is 0.0500. The van der Waals surface area contributed by atoms with Crippen LogP contribution in [0.2, 0.25) is 0 Å². The summed E-state index contributed by atoms with van der Waals surface area (Å²) in [5.41, 5.74) is 3.61. The third-order valence-corrected chi connectivity index (χ3v) is 3.80. The molecule has 4 aromatic rings. The van der Waals surface area contributed by atoms with Crippen molar-refractivity contribution in [2.75, 3.05) is 0 Å². The summed E-state index contributed by atoms with van der Waals surface area (Å²) >= 11 is 0. The molecule has 0 unspecified atom stereocenters. The Kier molecular flexibility index (Phi) is 2.59. The zero-order valence-corrected chi connectivity index (χ0v) is 12.3. The highest BCUT2D eigenvalue weighted by atomic mass is 14.8. The van der Waals surface area contributed by atoms with Gasteiger partial charge in [0, 0.05) is 33.1 Å². The fourth-order valence-corrected chi connectivity index (χ4v) is 2.64. The lowest BCUT2D eigenvalue weighted by atomic mass is 9.99. The Balaban J connectivity index is 1.77. The molecule has 0 radical (unpaired) electrons. The molecular formula is C20H15N3. The lowest BCUT2D eigenvalue weighted by molar-refractivity contribution is 1.11. The molecule has 0 fully saturated rings. The molecule has 110 valence electrons. The molecule has 0 spiro atoms. The van der Waals surface area contributed by atoms with Crippen LogP contribution in [0.3, 0.4) is 0 Å². The van der Waals surface area contributed by atoms with E-state index in [1.807, 2.05) is 42.6 Å². The van der Waals surface area contributed by atoms with Crippen molar-refractivity contribution >= 4 is 10.8 Å². The maximum absolute atomic E-state index is 7.52. The summed E-state index contributed by atoms with van der Waals surface area (Å²) in [6.45, 7) is -2.25. The Labute approximate surface area is 138 Å². The molecule has 2 aromatic heterocycles. The highest BCUT2D eigenvalue weighted by Crippen LogP contribution is 2.27. The number of aryl methyl sites for hydroxylation is 1. The van der Waals surface area contributed by atoms with Crippen LogP contribution in [0.25, 0.3) is 33.2 Å². The van der Waals surface area contributed by atoms with Gasteiger partial charge in [-0.05, 0) is 47.6 Å². The van der Waals surface area contributed by atoms with Crippen molar-refractivity contribution < 1.29 is 4.11 Å². The monoisotopic (exact) mass is 300 g/mol. The van der Waals surface area contributed by atoms with Crippen molar-refractivity contribution in [3.8, 4) is 22.4 Å². The average molecular weight is 300 g/mol. The summed E-state index contributed by atoms with van der Waals surface area (Å²) in [6.07, 6.45) is 4.92. The summed E-state index contributed by atoms with van der Waals surface area (Å²) < 4.78 is 22.6. The van der Waals surface area contributed by atoms with Crippen LogP contribution in [0, 0.1) is 6.85 Å². The van der Waals surface area contributed by atoms with E-state index in [1.165, 1.54) is 12.4 Å². The first-order valence-electron chi connectivity index (χ1n) is 8.78. The van der Waals surface area contributed by atoms with Gasteiger partial charge in [0.25, 0.3) is 0 Å². The van der Waals surface area contributed by atoms with E-state index >= 15 is 0 Å². The fourth-order valence-electron chi connectivity index (χ4n) is 2.64. The van der Waals surface area contributed by atoms with Gasteiger partial charge >= 0.3 is 0 Å². The molecule has 3 heteroatoms. The number of rotatable bonds is 2. The second-order valence-electron chi connectivity index (χ2n) is 5.31. The maximum atomic E-state index is 7.52. The topological polar surface area (TPSA) is 38.7 Å². The van der Waals surface area contributed by atoms with Crippen molar-refractivity contribution in [2.24, 2.45) is 0 Å². The van der Waals surface area contributed by atoms with Crippen molar-refractivity contribution in [3.63, 3.8) is 0 Å². The minimum absolute atomic E-state index is 0.0473. The van der Waals surface area contributed by atoms with Crippen LogP contribution in [0.5, 0.6) is 0 Å². The van der Waals surface area contributed by atoms with Crippen LogP contribution in [0.15, 0.2) is 73.3 Å². The van der Waals surface area contributed by atoms with E-state index in [-0.39, 0.29) is 5.69 Å². The Morgan fingerprint density at radius 3 is 2.70 bits per heavy atom.